The maximum atomic E-state index is 11.8. The maximum Gasteiger partial charge on any atom is 0.303 e. The second-order valence-electron chi connectivity index (χ2n) is 8.16. The van der Waals surface area contributed by atoms with E-state index in [1.54, 1.807) is 11.7 Å². The number of hydrogen-bond acceptors (Lipinski definition) is 10. The highest BCUT2D eigenvalue weighted by atomic mass is 16.6. The third-order valence-electron chi connectivity index (χ3n) is 5.94. The van der Waals surface area contributed by atoms with Crippen LogP contribution in [-0.2, 0) is 28.5 Å². The molecular weight excluding hydrogens is 430 g/mol. The van der Waals surface area contributed by atoms with Crippen LogP contribution >= 0.6 is 0 Å². The summed E-state index contributed by atoms with van der Waals surface area (Å²) in [7, 11) is 1.74. The van der Waals surface area contributed by atoms with Crippen LogP contribution in [0.15, 0.2) is 12.7 Å². The van der Waals surface area contributed by atoms with Crippen molar-refractivity contribution in [2.24, 2.45) is 0 Å². The number of carbonyl (C=O) groups excluding carboxylic acids is 2. The van der Waals surface area contributed by atoms with Crippen LogP contribution in [0.4, 0.5) is 5.82 Å². The van der Waals surface area contributed by atoms with Gasteiger partial charge >= 0.3 is 11.9 Å². The number of carbonyl (C=O) groups is 2. The average molecular weight is 457 g/mol. The van der Waals surface area contributed by atoms with Crippen molar-refractivity contribution in [1.29, 1.82) is 0 Å². The number of esters is 2. The van der Waals surface area contributed by atoms with Gasteiger partial charge in [0.25, 0.3) is 0 Å². The van der Waals surface area contributed by atoms with Crippen molar-refractivity contribution in [3.05, 3.63) is 12.7 Å². The summed E-state index contributed by atoms with van der Waals surface area (Å²) in [6.45, 7) is 2.52. The van der Waals surface area contributed by atoms with Gasteiger partial charge in [0.1, 0.15) is 6.33 Å². The smallest absolute Gasteiger partial charge is 0.303 e. The Kier molecular flexibility index (Phi) is 6.76. The van der Waals surface area contributed by atoms with E-state index in [0.29, 0.717) is 23.1 Å². The van der Waals surface area contributed by atoms with Crippen molar-refractivity contribution >= 4 is 28.9 Å². The molecule has 11 nitrogen and oxygen atoms in total. The number of nitrogens with zero attached hydrogens (tertiary/aromatic N) is 4. The number of ether oxygens (including phenoxy) is 4. The average Bonchev–Trinajstić information content (AvgIpc) is 3.36. The number of aromatic nitrogens is 4. The molecule has 1 N–H and O–H groups in total. The quantitative estimate of drug-likeness (QED) is 0.505. The van der Waals surface area contributed by atoms with Crippen molar-refractivity contribution in [2.45, 2.75) is 76.2 Å². The van der Waals surface area contributed by atoms with Crippen LogP contribution in [-0.4, -0.2) is 69.0 Å². The molecule has 0 bridgehead atoms. The SMILES string of the molecule is C#C[C@H]1O[C@@H](n2cnc3c(N[C@H]4CC[C@H](OC)CC4)ncnc32)[C@H](OC(C)=O)[C@@H]1OC(C)=O. The van der Waals surface area contributed by atoms with Gasteiger partial charge in [-0.15, -0.1) is 6.42 Å². The molecule has 1 saturated heterocycles. The molecule has 0 radical (unpaired) electrons. The first-order valence-electron chi connectivity index (χ1n) is 10.8. The van der Waals surface area contributed by atoms with Gasteiger partial charge in [0, 0.05) is 27.0 Å². The zero-order valence-corrected chi connectivity index (χ0v) is 18.8. The van der Waals surface area contributed by atoms with Gasteiger partial charge in [0.05, 0.1) is 12.4 Å². The van der Waals surface area contributed by atoms with Gasteiger partial charge in [-0.1, -0.05) is 5.92 Å². The van der Waals surface area contributed by atoms with E-state index in [4.69, 9.17) is 25.4 Å². The lowest BCUT2D eigenvalue weighted by Crippen LogP contribution is -2.38. The van der Waals surface area contributed by atoms with Crippen molar-refractivity contribution < 1.29 is 28.5 Å². The first kappa shape index (κ1) is 22.9. The summed E-state index contributed by atoms with van der Waals surface area (Å²) in [5, 5.41) is 3.46. The molecule has 11 heteroatoms. The van der Waals surface area contributed by atoms with Crippen molar-refractivity contribution in [3.8, 4) is 12.3 Å². The summed E-state index contributed by atoms with van der Waals surface area (Å²) < 4.78 is 23.8. The zero-order chi connectivity index (χ0) is 23.5. The molecule has 1 saturated carbocycles. The Balaban J connectivity index is 1.62. The predicted octanol–water partition coefficient (Wildman–Crippen LogP) is 1.59. The van der Waals surface area contributed by atoms with Gasteiger partial charge in [-0.2, -0.15) is 0 Å². The van der Waals surface area contributed by atoms with Gasteiger partial charge in [-0.05, 0) is 25.7 Å². The highest BCUT2D eigenvalue weighted by Gasteiger charge is 2.50. The highest BCUT2D eigenvalue weighted by Crippen LogP contribution is 2.36. The van der Waals surface area contributed by atoms with E-state index >= 15 is 0 Å². The monoisotopic (exact) mass is 457 g/mol. The standard InChI is InChI=1S/C22H27N5O6/c1-5-16-18(31-12(2)28)19(32-13(3)29)22(33-16)27-11-25-17-20(23-10-24-21(17)27)26-14-6-8-15(30-4)9-7-14/h1,10-11,14-16,18-19,22H,6-9H2,2-4H3,(H,23,24,26)/t14-,15-,16-,18-,19-,22-/m1/s1. The van der Waals surface area contributed by atoms with Gasteiger partial charge < -0.3 is 24.3 Å². The highest BCUT2D eigenvalue weighted by molar-refractivity contribution is 5.83. The van der Waals surface area contributed by atoms with E-state index in [9.17, 15) is 9.59 Å². The Morgan fingerprint density at radius 2 is 1.82 bits per heavy atom. The number of fused-ring (bicyclic) bond motifs is 1. The molecule has 2 aromatic heterocycles. The lowest BCUT2D eigenvalue weighted by molar-refractivity contribution is -0.165. The van der Waals surface area contributed by atoms with Crippen LogP contribution in [0.2, 0.25) is 0 Å². The zero-order valence-electron chi connectivity index (χ0n) is 18.8. The Labute approximate surface area is 191 Å². The number of anilines is 1. The third-order valence-corrected chi connectivity index (χ3v) is 5.94. The normalized spacial score (nSPS) is 29.4. The van der Waals surface area contributed by atoms with Crippen LogP contribution in [0.25, 0.3) is 11.2 Å². The second-order valence-corrected chi connectivity index (χ2v) is 8.16. The molecule has 176 valence electrons. The maximum absolute atomic E-state index is 11.8. The lowest BCUT2D eigenvalue weighted by Gasteiger charge is -2.28. The van der Waals surface area contributed by atoms with Crippen LogP contribution in [0.1, 0.15) is 45.8 Å². The first-order chi connectivity index (χ1) is 15.9. The van der Waals surface area contributed by atoms with E-state index < -0.39 is 36.5 Å². The Hall–Kier alpha value is -3.23. The largest absolute Gasteiger partial charge is 0.455 e. The summed E-state index contributed by atoms with van der Waals surface area (Å²) >= 11 is 0. The molecule has 2 aromatic rings. The topological polar surface area (TPSA) is 127 Å². The minimum atomic E-state index is -0.972. The van der Waals surface area contributed by atoms with E-state index in [1.165, 1.54) is 26.5 Å². The fourth-order valence-corrected chi connectivity index (χ4v) is 4.42. The second kappa shape index (κ2) is 9.72. The molecule has 2 aliphatic rings. The number of rotatable bonds is 6. The number of hydrogen-bond donors (Lipinski definition) is 1. The number of terminal acetylenes is 1. The predicted molar refractivity (Wildman–Crippen MR) is 116 cm³/mol. The molecule has 0 amide bonds. The minimum Gasteiger partial charge on any atom is -0.455 e. The summed E-state index contributed by atoms with van der Waals surface area (Å²) in [6.07, 6.45) is 8.98. The molecule has 3 heterocycles. The summed E-state index contributed by atoms with van der Waals surface area (Å²) in [5.41, 5.74) is 1.02. The van der Waals surface area contributed by atoms with Gasteiger partial charge in [0.15, 0.2) is 41.5 Å². The van der Waals surface area contributed by atoms with Crippen molar-refractivity contribution in [3.63, 3.8) is 0 Å². The molecule has 0 aromatic carbocycles. The molecule has 33 heavy (non-hydrogen) atoms. The van der Waals surface area contributed by atoms with Crippen LogP contribution in [0, 0.1) is 12.3 Å². The van der Waals surface area contributed by atoms with Gasteiger partial charge in [0.2, 0.25) is 0 Å². The fourth-order valence-electron chi connectivity index (χ4n) is 4.42. The minimum absolute atomic E-state index is 0.246. The van der Waals surface area contributed by atoms with Gasteiger partial charge in [-0.3, -0.25) is 14.2 Å². The Morgan fingerprint density at radius 3 is 2.45 bits per heavy atom. The van der Waals surface area contributed by atoms with Crippen molar-refractivity contribution in [1.82, 2.24) is 19.5 Å². The summed E-state index contributed by atoms with van der Waals surface area (Å²) in [4.78, 5) is 36.6. The summed E-state index contributed by atoms with van der Waals surface area (Å²) in [5.74, 6) is 1.94. The molecule has 0 unspecified atom stereocenters. The molecule has 1 aliphatic carbocycles. The molecular formula is C22H27N5O6. The number of nitrogens with one attached hydrogen (secondary N) is 1. The number of methoxy groups -OCH3 is 1. The molecule has 1 aliphatic heterocycles. The summed E-state index contributed by atoms with van der Waals surface area (Å²) in [6, 6.07) is 0.246. The third kappa shape index (κ3) is 4.77. The first-order valence-corrected chi connectivity index (χ1v) is 10.8. The Bertz CT molecular complexity index is 1060. The molecule has 2 fully saturated rings. The van der Waals surface area contributed by atoms with Crippen molar-refractivity contribution in [2.75, 3.05) is 12.4 Å². The van der Waals surface area contributed by atoms with Gasteiger partial charge in [-0.25, -0.2) is 15.0 Å². The number of imidazole rings is 1. The van der Waals surface area contributed by atoms with E-state index in [0.717, 1.165) is 25.7 Å². The Morgan fingerprint density at radius 1 is 1.12 bits per heavy atom. The molecule has 4 atom stereocenters. The molecule has 4 rings (SSSR count). The lowest BCUT2D eigenvalue weighted by atomic mass is 9.93. The van der Waals surface area contributed by atoms with Crippen LogP contribution in [0.3, 0.4) is 0 Å². The van der Waals surface area contributed by atoms with E-state index in [1.807, 2.05) is 0 Å². The van der Waals surface area contributed by atoms with Crippen LogP contribution in [0.5, 0.6) is 0 Å². The molecule has 0 spiro atoms. The van der Waals surface area contributed by atoms with E-state index in [2.05, 4.69) is 26.2 Å². The van der Waals surface area contributed by atoms with E-state index in [-0.39, 0.29) is 6.04 Å². The fraction of sp³-hybridized carbons (Fsp3) is 0.591. The van der Waals surface area contributed by atoms with Crippen LogP contribution < -0.4 is 5.32 Å².